The lowest BCUT2D eigenvalue weighted by Crippen LogP contribution is -2.39. The number of halogens is 3. The Morgan fingerprint density at radius 3 is 2.67 bits per heavy atom. The number of amides is 1. The monoisotopic (exact) mass is 382 g/mol. The smallest absolute Gasteiger partial charge is 0.449 e. The maximum Gasteiger partial charge on any atom is 0.471 e. The van der Waals surface area contributed by atoms with Crippen molar-refractivity contribution in [3.8, 4) is 12.3 Å². The van der Waals surface area contributed by atoms with Crippen molar-refractivity contribution in [3.05, 3.63) is 23.8 Å². The lowest BCUT2D eigenvalue weighted by Gasteiger charge is -2.36. The van der Waals surface area contributed by atoms with Crippen molar-refractivity contribution in [1.29, 1.82) is 0 Å². The lowest BCUT2D eigenvalue weighted by molar-refractivity contribution is -0.170. The molecular formula is C19H21F3N2O3. The number of esters is 1. The minimum absolute atomic E-state index is 0.0570. The summed E-state index contributed by atoms with van der Waals surface area (Å²) in [7, 11) is 1.00. The number of benzene rings is 1. The minimum atomic E-state index is -5.01. The van der Waals surface area contributed by atoms with Crippen molar-refractivity contribution >= 4 is 23.3 Å². The average Bonchev–Trinajstić information content (AvgIpc) is 2.64. The number of terminal acetylenes is 1. The van der Waals surface area contributed by atoms with Gasteiger partial charge in [0.25, 0.3) is 0 Å². The fourth-order valence-corrected chi connectivity index (χ4v) is 3.09. The van der Waals surface area contributed by atoms with Crippen molar-refractivity contribution in [2.45, 2.75) is 38.4 Å². The number of ether oxygens (including phenoxy) is 1. The molecule has 5 nitrogen and oxygen atoms in total. The molecule has 1 saturated heterocycles. The molecule has 1 aromatic rings. The zero-order valence-corrected chi connectivity index (χ0v) is 15.2. The van der Waals surface area contributed by atoms with Crippen LogP contribution in [-0.2, 0) is 9.53 Å². The van der Waals surface area contributed by atoms with Crippen molar-refractivity contribution < 1.29 is 27.5 Å². The van der Waals surface area contributed by atoms with Crippen LogP contribution in [0.3, 0.4) is 0 Å². The Labute approximate surface area is 156 Å². The minimum Gasteiger partial charge on any atom is -0.449 e. The second-order valence-electron chi connectivity index (χ2n) is 6.38. The van der Waals surface area contributed by atoms with Crippen molar-refractivity contribution in [3.63, 3.8) is 0 Å². The molecule has 146 valence electrons. The Kier molecular flexibility index (Phi) is 6.37. The van der Waals surface area contributed by atoms with Gasteiger partial charge in [-0.3, -0.25) is 4.79 Å². The van der Waals surface area contributed by atoms with E-state index in [1.165, 1.54) is 12.1 Å². The number of hydrogen-bond donors (Lipinski definition) is 0. The van der Waals surface area contributed by atoms with E-state index in [1.54, 1.807) is 6.07 Å². The largest absolute Gasteiger partial charge is 0.471 e. The van der Waals surface area contributed by atoms with E-state index in [4.69, 9.17) is 11.2 Å². The number of rotatable bonds is 4. The number of carbonyl (C=O) groups excluding carboxylic acids is 2. The second-order valence-corrected chi connectivity index (χ2v) is 6.38. The highest BCUT2D eigenvalue weighted by Gasteiger charge is 2.42. The van der Waals surface area contributed by atoms with Crippen LogP contribution >= 0.6 is 0 Å². The van der Waals surface area contributed by atoms with E-state index in [0.717, 1.165) is 26.3 Å². The van der Waals surface area contributed by atoms with E-state index < -0.39 is 18.1 Å². The zero-order valence-electron chi connectivity index (χ0n) is 15.2. The van der Waals surface area contributed by atoms with Crippen molar-refractivity contribution in [1.82, 2.24) is 0 Å². The standard InChI is InChI=1S/C19H21F3N2O3/c1-4-11-27-17(25)15-12-14(23(3)18(26)19(20,21)22)8-9-16(15)24-10-6-5-7-13(24)2/h1,8-9,12-13H,5-7,10-11H2,2-3H3/t13-/m1/s1. The molecule has 1 aliphatic heterocycles. The molecule has 2 rings (SSSR count). The molecule has 0 spiro atoms. The van der Waals surface area contributed by atoms with Gasteiger partial charge in [0.1, 0.15) is 0 Å². The Morgan fingerprint density at radius 1 is 1.37 bits per heavy atom. The predicted molar refractivity (Wildman–Crippen MR) is 95.7 cm³/mol. The van der Waals surface area contributed by atoms with Crippen LogP contribution in [0.25, 0.3) is 0 Å². The first kappa shape index (κ1) is 20.6. The number of anilines is 2. The molecule has 27 heavy (non-hydrogen) atoms. The number of alkyl halides is 3. The summed E-state index contributed by atoms with van der Waals surface area (Å²) in [4.78, 5) is 26.4. The van der Waals surface area contributed by atoms with E-state index >= 15 is 0 Å². The van der Waals surface area contributed by atoms with Gasteiger partial charge in [0, 0.05) is 25.3 Å². The number of nitrogens with zero attached hydrogens (tertiary/aromatic N) is 2. The normalized spacial score (nSPS) is 17.2. The molecule has 1 aliphatic rings. The molecule has 1 amide bonds. The first-order valence-electron chi connectivity index (χ1n) is 8.53. The highest BCUT2D eigenvalue weighted by molar-refractivity contribution is 6.01. The molecule has 0 bridgehead atoms. The summed E-state index contributed by atoms with van der Waals surface area (Å²) >= 11 is 0. The summed E-state index contributed by atoms with van der Waals surface area (Å²) in [5, 5.41) is 0. The fourth-order valence-electron chi connectivity index (χ4n) is 3.09. The Bertz CT molecular complexity index is 756. The first-order chi connectivity index (χ1) is 12.7. The molecule has 1 heterocycles. The summed E-state index contributed by atoms with van der Waals surface area (Å²) in [6.07, 6.45) is 3.04. The highest BCUT2D eigenvalue weighted by atomic mass is 19.4. The van der Waals surface area contributed by atoms with Crippen LogP contribution in [0.1, 0.15) is 36.5 Å². The third-order valence-corrected chi connectivity index (χ3v) is 4.53. The lowest BCUT2D eigenvalue weighted by atomic mass is 10.0. The van der Waals surface area contributed by atoms with Crippen LogP contribution in [0.2, 0.25) is 0 Å². The van der Waals surface area contributed by atoms with E-state index in [0.29, 0.717) is 17.1 Å². The third-order valence-electron chi connectivity index (χ3n) is 4.53. The van der Waals surface area contributed by atoms with Gasteiger partial charge in [-0.25, -0.2) is 4.79 Å². The molecule has 1 aromatic carbocycles. The summed E-state index contributed by atoms with van der Waals surface area (Å²) in [5.41, 5.74) is 0.581. The van der Waals surface area contributed by atoms with E-state index in [2.05, 4.69) is 5.92 Å². The van der Waals surface area contributed by atoms with Crippen LogP contribution in [0.15, 0.2) is 18.2 Å². The molecule has 0 saturated carbocycles. The molecule has 0 aliphatic carbocycles. The number of carbonyl (C=O) groups is 2. The maximum absolute atomic E-state index is 12.7. The van der Waals surface area contributed by atoms with Gasteiger partial charge < -0.3 is 14.5 Å². The quantitative estimate of drug-likeness (QED) is 0.592. The molecule has 0 unspecified atom stereocenters. The van der Waals surface area contributed by atoms with Crippen LogP contribution in [0.4, 0.5) is 24.5 Å². The van der Waals surface area contributed by atoms with Crippen LogP contribution in [0, 0.1) is 12.3 Å². The van der Waals surface area contributed by atoms with Gasteiger partial charge in [-0.15, -0.1) is 6.42 Å². The molecule has 1 fully saturated rings. The Hall–Kier alpha value is -2.69. The van der Waals surface area contributed by atoms with Gasteiger partial charge in [0.15, 0.2) is 6.61 Å². The van der Waals surface area contributed by atoms with Gasteiger partial charge in [-0.2, -0.15) is 13.2 Å². The van der Waals surface area contributed by atoms with E-state index in [9.17, 15) is 22.8 Å². The molecule has 0 radical (unpaired) electrons. The second kappa shape index (κ2) is 8.33. The zero-order chi connectivity index (χ0) is 20.2. The highest BCUT2D eigenvalue weighted by Crippen LogP contribution is 2.32. The summed E-state index contributed by atoms with van der Waals surface area (Å²) in [5.74, 6) is -0.582. The summed E-state index contributed by atoms with van der Waals surface area (Å²) < 4.78 is 43.1. The fraction of sp³-hybridized carbons (Fsp3) is 0.474. The van der Waals surface area contributed by atoms with Gasteiger partial charge in [-0.05, 0) is 44.4 Å². The van der Waals surface area contributed by atoms with Gasteiger partial charge in [0.05, 0.1) is 11.3 Å². The van der Waals surface area contributed by atoms with E-state index in [-0.39, 0.29) is 23.9 Å². The van der Waals surface area contributed by atoms with Gasteiger partial charge in [-0.1, -0.05) is 5.92 Å². The maximum atomic E-state index is 12.7. The Morgan fingerprint density at radius 2 is 2.07 bits per heavy atom. The van der Waals surface area contributed by atoms with Crippen LogP contribution in [-0.4, -0.2) is 44.3 Å². The SMILES string of the molecule is C#CCOC(=O)c1cc(N(C)C(=O)C(F)(F)F)ccc1N1CCCC[C@H]1C. The van der Waals surface area contributed by atoms with Crippen LogP contribution in [0.5, 0.6) is 0 Å². The van der Waals surface area contributed by atoms with Gasteiger partial charge >= 0.3 is 18.1 Å². The molecule has 0 N–H and O–H groups in total. The van der Waals surface area contributed by atoms with Crippen molar-refractivity contribution in [2.24, 2.45) is 0 Å². The molecule has 0 aromatic heterocycles. The van der Waals surface area contributed by atoms with Gasteiger partial charge in [0.2, 0.25) is 0 Å². The van der Waals surface area contributed by atoms with Crippen LogP contribution < -0.4 is 9.80 Å². The predicted octanol–water partition coefficient (Wildman–Crippen LogP) is 3.38. The topological polar surface area (TPSA) is 49.9 Å². The van der Waals surface area contributed by atoms with E-state index in [1.807, 2.05) is 11.8 Å². The summed E-state index contributed by atoms with van der Waals surface area (Å²) in [6, 6.07) is 4.33. The average molecular weight is 382 g/mol. The van der Waals surface area contributed by atoms with Crippen molar-refractivity contribution in [2.75, 3.05) is 30.0 Å². The number of hydrogen-bond acceptors (Lipinski definition) is 4. The summed E-state index contributed by atoms with van der Waals surface area (Å²) in [6.45, 7) is 2.48. The third kappa shape index (κ3) is 4.73. The number of piperidine rings is 1. The molecule has 8 heteroatoms. The molecule has 1 atom stereocenters. The Balaban J connectivity index is 2.44. The molecular weight excluding hydrogens is 361 g/mol. The first-order valence-corrected chi connectivity index (χ1v) is 8.53.